The Morgan fingerprint density at radius 3 is 2.55 bits per heavy atom. The molecule has 0 amide bonds. The van der Waals surface area contributed by atoms with Crippen LogP contribution in [0.1, 0.15) is 6.23 Å². The molecule has 3 atom stereocenters. The number of rotatable bonds is 9. The molecule has 6 N–H and O–H groups in total. The Morgan fingerprint density at radius 1 is 1.41 bits per heavy atom. The molecule has 13 nitrogen and oxygen atoms in total. The van der Waals surface area contributed by atoms with Crippen molar-refractivity contribution in [3.63, 3.8) is 0 Å². The van der Waals surface area contributed by atoms with Gasteiger partial charge in [-0.1, -0.05) is 5.92 Å². The van der Waals surface area contributed by atoms with Crippen LogP contribution in [0.25, 0.3) is 11.2 Å². The van der Waals surface area contributed by atoms with Gasteiger partial charge in [0.2, 0.25) is 5.28 Å². The standard InChI is InChI=1S/C15H16ClN5O8/c1-3-15(27,6(28-2)4-29-8(11(22)23)12(24)25)13(26)21-5-18-7-9(17)19-14(16)20-10(7)21/h1,5-6,8,13,26-27H,4H2,2H3,(H,22,23)(H,24,25)(H2,17,19,20)/t6-,13-,15-/m1/s1. The number of terminal acetylenes is 1. The van der Waals surface area contributed by atoms with E-state index in [-0.39, 0.29) is 22.3 Å². The van der Waals surface area contributed by atoms with Crippen molar-refractivity contribution in [3.05, 3.63) is 11.6 Å². The second kappa shape index (κ2) is 8.55. The van der Waals surface area contributed by atoms with Crippen LogP contribution < -0.4 is 5.73 Å². The Labute approximate surface area is 167 Å². The summed E-state index contributed by atoms with van der Waals surface area (Å²) in [6.07, 6.45) is 0.677. The van der Waals surface area contributed by atoms with E-state index in [1.807, 2.05) is 5.92 Å². The highest BCUT2D eigenvalue weighted by atomic mass is 35.5. The zero-order valence-electron chi connectivity index (χ0n) is 14.8. The summed E-state index contributed by atoms with van der Waals surface area (Å²) in [4.78, 5) is 33.4. The number of aromatic nitrogens is 4. The number of anilines is 1. The number of carbonyl (C=O) groups is 2. The fraction of sp³-hybridized carbons (Fsp3) is 0.400. The van der Waals surface area contributed by atoms with Crippen LogP contribution in [0.2, 0.25) is 5.28 Å². The van der Waals surface area contributed by atoms with Crippen LogP contribution >= 0.6 is 11.6 Å². The molecule has 0 aliphatic rings. The SMILES string of the molecule is C#C[C@@](O)([C@@H](COC(C(=O)O)C(=O)O)OC)[C@@H](O)n1cnc2c(N)nc(Cl)nc21. The summed E-state index contributed by atoms with van der Waals surface area (Å²) in [5, 5.41) is 39.1. The van der Waals surface area contributed by atoms with Gasteiger partial charge in [0.1, 0.15) is 11.6 Å². The molecule has 2 aromatic rings. The zero-order valence-corrected chi connectivity index (χ0v) is 15.5. The number of halogens is 1. The van der Waals surface area contributed by atoms with Crippen molar-refractivity contribution in [3.8, 4) is 12.3 Å². The van der Waals surface area contributed by atoms with E-state index in [0.29, 0.717) is 0 Å². The number of aliphatic carboxylic acids is 2. The number of carboxylic acid groups (broad SMARTS) is 2. The summed E-state index contributed by atoms with van der Waals surface area (Å²) >= 11 is 5.76. The number of ether oxygens (including phenoxy) is 2. The van der Waals surface area contributed by atoms with Crippen LogP contribution in [0.15, 0.2) is 6.33 Å². The molecule has 156 valence electrons. The second-order valence-corrected chi connectivity index (χ2v) is 6.00. The van der Waals surface area contributed by atoms with E-state index in [9.17, 15) is 19.8 Å². The molecule has 0 saturated heterocycles. The lowest BCUT2D eigenvalue weighted by atomic mass is 9.95. The van der Waals surface area contributed by atoms with Gasteiger partial charge in [0.15, 0.2) is 23.3 Å². The molecule has 2 aromatic heterocycles. The third-order valence-electron chi connectivity index (χ3n) is 3.95. The molecule has 0 bridgehead atoms. The van der Waals surface area contributed by atoms with E-state index in [1.54, 1.807) is 0 Å². The van der Waals surface area contributed by atoms with Gasteiger partial charge in [0, 0.05) is 7.11 Å². The maximum atomic E-state index is 10.9. The van der Waals surface area contributed by atoms with Crippen molar-refractivity contribution in [1.29, 1.82) is 0 Å². The normalized spacial score (nSPS) is 15.6. The van der Waals surface area contributed by atoms with E-state index >= 15 is 0 Å². The van der Waals surface area contributed by atoms with Gasteiger partial charge >= 0.3 is 11.9 Å². The van der Waals surface area contributed by atoms with Crippen LogP contribution in [0, 0.1) is 12.3 Å². The fourth-order valence-corrected chi connectivity index (χ4v) is 2.61. The number of nitrogen functional groups attached to an aromatic ring is 1. The Bertz CT molecular complexity index is 962. The van der Waals surface area contributed by atoms with E-state index in [0.717, 1.165) is 18.0 Å². The van der Waals surface area contributed by atoms with Crippen molar-refractivity contribution in [2.75, 3.05) is 19.5 Å². The van der Waals surface area contributed by atoms with Gasteiger partial charge < -0.3 is 35.6 Å². The van der Waals surface area contributed by atoms with Gasteiger partial charge in [-0.3, -0.25) is 4.57 Å². The van der Waals surface area contributed by atoms with Gasteiger partial charge in [-0.25, -0.2) is 14.6 Å². The largest absolute Gasteiger partial charge is 0.479 e. The molecule has 0 aromatic carbocycles. The Morgan fingerprint density at radius 2 is 2.03 bits per heavy atom. The average molecular weight is 430 g/mol. The number of imidazole rings is 1. The number of aliphatic hydroxyl groups excluding tert-OH is 1. The van der Waals surface area contributed by atoms with Crippen molar-refractivity contribution in [2.45, 2.75) is 24.0 Å². The summed E-state index contributed by atoms with van der Waals surface area (Å²) in [6.45, 7) is -0.790. The van der Waals surface area contributed by atoms with Gasteiger partial charge in [-0.05, 0) is 11.6 Å². The van der Waals surface area contributed by atoms with E-state index in [2.05, 4.69) is 15.0 Å². The molecule has 14 heteroatoms. The first-order valence-electron chi connectivity index (χ1n) is 7.70. The van der Waals surface area contributed by atoms with E-state index < -0.39 is 42.6 Å². The summed E-state index contributed by atoms with van der Waals surface area (Å²) in [7, 11) is 1.09. The molecular formula is C15H16ClN5O8. The quantitative estimate of drug-likeness (QED) is 0.175. The maximum absolute atomic E-state index is 10.9. The minimum Gasteiger partial charge on any atom is -0.479 e. The summed E-state index contributed by atoms with van der Waals surface area (Å²) in [5.74, 6) is -1.70. The number of carboxylic acids is 2. The summed E-state index contributed by atoms with van der Waals surface area (Å²) in [6, 6.07) is 0. The summed E-state index contributed by atoms with van der Waals surface area (Å²) in [5.41, 5.74) is 3.16. The molecule has 0 radical (unpaired) electrons. The molecule has 2 rings (SSSR count). The summed E-state index contributed by atoms with van der Waals surface area (Å²) < 4.78 is 10.7. The lowest BCUT2D eigenvalue weighted by Gasteiger charge is -2.35. The molecule has 0 aliphatic heterocycles. The van der Waals surface area contributed by atoms with Crippen molar-refractivity contribution in [1.82, 2.24) is 19.5 Å². The first kappa shape index (κ1) is 22.3. The molecule has 29 heavy (non-hydrogen) atoms. The second-order valence-electron chi connectivity index (χ2n) is 5.66. The number of nitrogens with two attached hydrogens (primary N) is 1. The maximum Gasteiger partial charge on any atom is 0.344 e. The monoisotopic (exact) mass is 429 g/mol. The molecule has 0 spiro atoms. The third-order valence-corrected chi connectivity index (χ3v) is 4.12. The lowest BCUT2D eigenvalue weighted by Crippen LogP contribution is -2.52. The van der Waals surface area contributed by atoms with Crippen LogP contribution in [0.3, 0.4) is 0 Å². The van der Waals surface area contributed by atoms with Gasteiger partial charge in [-0.2, -0.15) is 9.97 Å². The van der Waals surface area contributed by atoms with Gasteiger partial charge in [0.05, 0.1) is 12.9 Å². The molecule has 0 saturated carbocycles. The topological polar surface area (TPSA) is 203 Å². The number of methoxy groups -OCH3 is 1. The van der Waals surface area contributed by atoms with Crippen LogP contribution in [0.4, 0.5) is 5.82 Å². The highest BCUT2D eigenvalue weighted by Gasteiger charge is 2.45. The first-order chi connectivity index (χ1) is 13.6. The molecule has 0 aliphatic carbocycles. The van der Waals surface area contributed by atoms with Crippen molar-refractivity contribution < 1.29 is 39.5 Å². The Kier molecular flexibility index (Phi) is 6.57. The van der Waals surface area contributed by atoms with E-state index in [4.69, 9.17) is 43.4 Å². The van der Waals surface area contributed by atoms with Crippen molar-refractivity contribution >= 4 is 40.5 Å². The number of hydrogen-bond donors (Lipinski definition) is 5. The molecule has 2 heterocycles. The average Bonchev–Trinajstić information content (AvgIpc) is 3.07. The van der Waals surface area contributed by atoms with Crippen LogP contribution in [0.5, 0.6) is 0 Å². The minimum absolute atomic E-state index is 0.0617. The minimum atomic E-state index is -2.53. The Hall–Kier alpha value is -3.02. The zero-order chi connectivity index (χ0) is 21.9. The highest BCUT2D eigenvalue weighted by molar-refractivity contribution is 6.28. The van der Waals surface area contributed by atoms with Crippen LogP contribution in [-0.2, 0) is 19.1 Å². The first-order valence-corrected chi connectivity index (χ1v) is 8.08. The Balaban J connectivity index is 2.39. The van der Waals surface area contributed by atoms with Crippen molar-refractivity contribution in [2.24, 2.45) is 0 Å². The highest BCUT2D eigenvalue weighted by Crippen LogP contribution is 2.30. The molecule has 0 fully saturated rings. The van der Waals surface area contributed by atoms with Crippen LogP contribution in [-0.4, -0.2) is 83.4 Å². The smallest absolute Gasteiger partial charge is 0.344 e. The number of aliphatic hydroxyl groups is 2. The van der Waals surface area contributed by atoms with Gasteiger partial charge in [-0.15, -0.1) is 6.42 Å². The predicted molar refractivity (Wildman–Crippen MR) is 95.6 cm³/mol. The molecular weight excluding hydrogens is 414 g/mol. The number of fused-ring (bicyclic) bond motifs is 1. The fourth-order valence-electron chi connectivity index (χ4n) is 2.44. The third kappa shape index (κ3) is 4.21. The lowest BCUT2D eigenvalue weighted by molar-refractivity contribution is -0.184. The number of hydrogen-bond acceptors (Lipinski definition) is 10. The number of nitrogens with zero attached hydrogens (tertiary/aromatic N) is 4. The van der Waals surface area contributed by atoms with E-state index in [1.165, 1.54) is 0 Å². The van der Waals surface area contributed by atoms with Gasteiger partial charge in [0.25, 0.3) is 6.10 Å². The molecule has 0 unspecified atom stereocenters. The predicted octanol–water partition coefficient (Wildman–Crippen LogP) is -1.51.